The highest BCUT2D eigenvalue weighted by atomic mass is 16.2. The molecule has 4 atom stereocenters. The minimum atomic E-state index is -0.394. The zero-order valence-corrected chi connectivity index (χ0v) is 22.5. The highest BCUT2D eigenvalue weighted by Crippen LogP contribution is 2.31. The van der Waals surface area contributed by atoms with E-state index >= 15 is 0 Å². The lowest BCUT2D eigenvalue weighted by Crippen LogP contribution is -2.35. The van der Waals surface area contributed by atoms with Crippen LogP contribution >= 0.6 is 0 Å². The Balaban J connectivity index is 1.31. The number of ketones is 1. The van der Waals surface area contributed by atoms with Crippen molar-refractivity contribution in [2.45, 2.75) is 83.3 Å². The van der Waals surface area contributed by atoms with Gasteiger partial charge in [-0.1, -0.05) is 49.4 Å². The summed E-state index contributed by atoms with van der Waals surface area (Å²) < 4.78 is 0. The van der Waals surface area contributed by atoms with Crippen LogP contribution in [0.1, 0.15) is 69.9 Å². The number of rotatable bonds is 9. The number of hydrogen-bond acceptors (Lipinski definition) is 5. The highest BCUT2D eigenvalue weighted by Gasteiger charge is 2.30. The molecule has 0 unspecified atom stereocenters. The number of likely N-dealkylation sites (N-methyl/N-ethyl adjacent to an activating group) is 1. The van der Waals surface area contributed by atoms with Gasteiger partial charge in [-0.05, 0) is 75.1 Å². The summed E-state index contributed by atoms with van der Waals surface area (Å²) in [4.78, 5) is 30.7. The van der Waals surface area contributed by atoms with Crippen LogP contribution in [0.4, 0.5) is 5.69 Å². The van der Waals surface area contributed by atoms with Gasteiger partial charge >= 0.3 is 0 Å². The molecule has 1 amide bonds. The molecule has 2 N–H and O–H groups in total. The predicted octanol–water partition coefficient (Wildman–Crippen LogP) is 5.15. The predicted molar refractivity (Wildman–Crippen MR) is 151 cm³/mol. The number of carbonyl (C=O) groups excluding carboxylic acids is 2. The average Bonchev–Trinajstić information content (AvgIpc) is 3.58. The maximum absolute atomic E-state index is 13.1. The highest BCUT2D eigenvalue weighted by molar-refractivity contribution is 6.00. The number of amides is 1. The Bertz CT molecular complexity index is 1140. The first-order chi connectivity index (χ1) is 17.9. The molecule has 4 rings (SSSR count). The molecular formula is C31H40N4O2. The van der Waals surface area contributed by atoms with Gasteiger partial charge in [0.2, 0.25) is 0 Å². The molecule has 6 nitrogen and oxygen atoms in total. The molecule has 37 heavy (non-hydrogen) atoms. The summed E-state index contributed by atoms with van der Waals surface area (Å²) in [5.41, 5.74) is 4.23. The third-order valence-electron chi connectivity index (χ3n) is 7.83. The smallest absolute Gasteiger partial charge is 0.251 e. The van der Waals surface area contributed by atoms with Gasteiger partial charge in [-0.25, -0.2) is 0 Å². The van der Waals surface area contributed by atoms with Gasteiger partial charge in [0.15, 0.2) is 5.78 Å². The quantitative estimate of drug-likeness (QED) is 0.467. The number of carbonyl (C=O) groups is 2. The third-order valence-corrected chi connectivity index (χ3v) is 7.83. The number of amidine groups is 1. The van der Waals surface area contributed by atoms with Gasteiger partial charge in [0, 0.05) is 43.0 Å². The summed E-state index contributed by atoms with van der Waals surface area (Å²) in [5.74, 6) is 1.31. The molecular weight excluding hydrogens is 460 g/mol. The van der Waals surface area contributed by atoms with E-state index in [9.17, 15) is 9.59 Å². The van der Waals surface area contributed by atoms with Crippen LogP contribution in [0.5, 0.6) is 0 Å². The summed E-state index contributed by atoms with van der Waals surface area (Å²) in [6.07, 6.45) is 7.56. The Kier molecular flexibility index (Phi) is 8.93. The van der Waals surface area contributed by atoms with Crippen LogP contribution in [0, 0.1) is 0 Å². The molecule has 0 spiro atoms. The van der Waals surface area contributed by atoms with E-state index in [0.29, 0.717) is 36.4 Å². The Morgan fingerprint density at radius 2 is 1.81 bits per heavy atom. The van der Waals surface area contributed by atoms with E-state index in [4.69, 9.17) is 0 Å². The second kappa shape index (κ2) is 12.3. The van der Waals surface area contributed by atoms with Gasteiger partial charge in [-0.2, -0.15) is 0 Å². The molecule has 2 aromatic rings. The molecule has 0 aromatic heterocycles. The topological polar surface area (TPSA) is 73.8 Å². The molecule has 2 aliphatic rings. The molecule has 0 aliphatic carbocycles. The van der Waals surface area contributed by atoms with E-state index in [0.717, 1.165) is 24.4 Å². The normalized spacial score (nSPS) is 22.4. The monoisotopic (exact) mass is 500 g/mol. The minimum absolute atomic E-state index is 0.0105. The van der Waals surface area contributed by atoms with E-state index in [1.54, 1.807) is 18.0 Å². The first-order valence-electron chi connectivity index (χ1n) is 13.5. The molecule has 2 heterocycles. The van der Waals surface area contributed by atoms with E-state index in [-0.39, 0.29) is 11.7 Å². The molecule has 1 saturated heterocycles. The maximum Gasteiger partial charge on any atom is 0.251 e. The number of hydrogen-bond donors (Lipinski definition) is 2. The van der Waals surface area contributed by atoms with Gasteiger partial charge in [-0.15, -0.1) is 0 Å². The van der Waals surface area contributed by atoms with Crippen molar-refractivity contribution in [3.05, 3.63) is 77.5 Å². The maximum atomic E-state index is 13.1. The standard InChI is InChI=1S/C31H40N4O2/c1-5-27(24-9-7-6-8-10-24)28-16-13-25(33-28)19-23-11-14-26(15-12-23)35(4)31(37)29-17-18-30(34-29)32-20-21(2)22(3)36/h6-12,14-15,20,25,27-29,33H,5,13,16-19H2,1-4H3,(H,32,34)/b21-20-/t25-,27+,28+,29-/m0/s1. The molecule has 0 saturated carbocycles. The summed E-state index contributed by atoms with van der Waals surface area (Å²) in [6.45, 7) is 5.58. The van der Waals surface area contributed by atoms with Crippen molar-refractivity contribution in [3.63, 3.8) is 0 Å². The van der Waals surface area contributed by atoms with Crippen molar-refractivity contribution >= 4 is 23.2 Å². The molecule has 196 valence electrons. The van der Waals surface area contributed by atoms with Crippen molar-refractivity contribution < 1.29 is 9.59 Å². The van der Waals surface area contributed by atoms with Crippen LogP contribution in [0.2, 0.25) is 0 Å². The van der Waals surface area contributed by atoms with Crippen LogP contribution in [0.25, 0.3) is 0 Å². The average molecular weight is 501 g/mol. The Hall–Kier alpha value is -3.25. The second-order valence-electron chi connectivity index (χ2n) is 10.4. The van der Waals surface area contributed by atoms with Crippen molar-refractivity contribution in [1.82, 2.24) is 10.6 Å². The number of nitrogens with zero attached hydrogens (tertiary/aromatic N) is 2. The lowest BCUT2D eigenvalue weighted by Gasteiger charge is -2.24. The fraction of sp³-hybridized carbons (Fsp3) is 0.452. The molecule has 0 bridgehead atoms. The van der Waals surface area contributed by atoms with E-state index in [1.807, 2.05) is 19.2 Å². The zero-order valence-electron chi connectivity index (χ0n) is 22.5. The minimum Gasteiger partial charge on any atom is -0.350 e. The van der Waals surface area contributed by atoms with Crippen LogP contribution in [-0.4, -0.2) is 42.7 Å². The molecule has 1 fully saturated rings. The summed E-state index contributed by atoms with van der Waals surface area (Å²) in [5, 5.41) is 6.98. The number of allylic oxidation sites excluding steroid dienone is 1. The number of anilines is 1. The van der Waals surface area contributed by atoms with Gasteiger partial charge in [0.25, 0.3) is 5.91 Å². The first kappa shape index (κ1) is 26.8. The van der Waals surface area contributed by atoms with Crippen LogP contribution in [0.15, 0.2) is 71.4 Å². The number of benzene rings is 2. The molecule has 2 aliphatic heterocycles. The number of nitrogens with one attached hydrogen (secondary N) is 2. The van der Waals surface area contributed by atoms with E-state index in [2.05, 4.69) is 65.0 Å². The SMILES string of the molecule is CC[C@H](c1ccccc1)[C@H]1CC[C@@H](Cc2ccc(N(C)C(=O)[C@@H]3CCC(N/C=C(/C)C(C)=O)=N3)cc2)N1. The van der Waals surface area contributed by atoms with Crippen LogP contribution in [0.3, 0.4) is 0 Å². The van der Waals surface area contributed by atoms with Gasteiger partial charge in [-0.3, -0.25) is 14.6 Å². The van der Waals surface area contributed by atoms with E-state index < -0.39 is 6.04 Å². The summed E-state index contributed by atoms with van der Waals surface area (Å²) in [6, 6.07) is 19.8. The Morgan fingerprint density at radius 1 is 1.08 bits per heavy atom. The Morgan fingerprint density at radius 3 is 2.49 bits per heavy atom. The largest absolute Gasteiger partial charge is 0.350 e. The molecule has 0 radical (unpaired) electrons. The van der Waals surface area contributed by atoms with Gasteiger partial charge in [0.1, 0.15) is 11.9 Å². The third kappa shape index (κ3) is 6.75. The molecule has 6 heteroatoms. The first-order valence-corrected chi connectivity index (χ1v) is 13.5. The van der Waals surface area contributed by atoms with Gasteiger partial charge < -0.3 is 15.5 Å². The second-order valence-corrected chi connectivity index (χ2v) is 10.4. The number of Topliss-reactive ketones (excluding diaryl/α,β-unsaturated/α-hetero) is 1. The summed E-state index contributed by atoms with van der Waals surface area (Å²) in [7, 11) is 1.82. The van der Waals surface area contributed by atoms with Crippen LogP contribution in [-0.2, 0) is 16.0 Å². The van der Waals surface area contributed by atoms with Gasteiger partial charge in [0.05, 0.1) is 0 Å². The molecule has 2 aromatic carbocycles. The zero-order chi connectivity index (χ0) is 26.4. The Labute approximate surface area is 221 Å². The fourth-order valence-corrected chi connectivity index (χ4v) is 5.44. The number of aliphatic imine (C=N–C) groups is 1. The lowest BCUT2D eigenvalue weighted by molar-refractivity contribution is -0.119. The van der Waals surface area contributed by atoms with Crippen molar-refractivity contribution in [2.75, 3.05) is 11.9 Å². The fourth-order valence-electron chi connectivity index (χ4n) is 5.44. The van der Waals surface area contributed by atoms with Crippen molar-refractivity contribution in [1.29, 1.82) is 0 Å². The van der Waals surface area contributed by atoms with Crippen molar-refractivity contribution in [3.8, 4) is 0 Å². The van der Waals surface area contributed by atoms with Crippen LogP contribution < -0.4 is 15.5 Å². The van der Waals surface area contributed by atoms with E-state index in [1.165, 1.54) is 30.9 Å². The van der Waals surface area contributed by atoms with Crippen molar-refractivity contribution in [2.24, 2.45) is 4.99 Å². The lowest BCUT2D eigenvalue weighted by atomic mass is 9.88. The summed E-state index contributed by atoms with van der Waals surface area (Å²) >= 11 is 0.